The van der Waals surface area contributed by atoms with Gasteiger partial charge >= 0.3 is 0 Å². The lowest BCUT2D eigenvalue weighted by Crippen LogP contribution is -1.99. The fraction of sp³-hybridized carbons (Fsp3) is 0.647. The van der Waals surface area contributed by atoms with E-state index >= 15 is 0 Å². The van der Waals surface area contributed by atoms with Crippen LogP contribution in [0.5, 0.6) is 5.75 Å². The Hall–Kier alpha value is -0.540. The van der Waals surface area contributed by atoms with Crippen LogP contribution < -0.4 is 4.74 Å². The SMILES string of the molecule is CCCCCCCCCC(O)c1cc(OC)ccc1Br. The molecular formula is C17H27BrO2. The molecule has 0 aliphatic carbocycles. The van der Waals surface area contributed by atoms with Crippen LogP contribution in [0, 0.1) is 0 Å². The Balaban J connectivity index is 2.30. The molecule has 1 aromatic rings. The molecule has 1 N–H and O–H groups in total. The minimum absolute atomic E-state index is 0.407. The first-order chi connectivity index (χ1) is 9.69. The molecule has 0 bridgehead atoms. The van der Waals surface area contributed by atoms with Crippen molar-refractivity contribution in [3.8, 4) is 5.75 Å². The average Bonchev–Trinajstić information content (AvgIpc) is 2.46. The van der Waals surface area contributed by atoms with Crippen LogP contribution in [-0.2, 0) is 0 Å². The summed E-state index contributed by atoms with van der Waals surface area (Å²) in [6.07, 6.45) is 9.30. The number of aliphatic hydroxyl groups excluding tert-OH is 1. The Labute approximate surface area is 131 Å². The fourth-order valence-electron chi connectivity index (χ4n) is 2.35. The van der Waals surface area contributed by atoms with Crippen molar-refractivity contribution >= 4 is 15.9 Å². The third kappa shape index (κ3) is 6.27. The summed E-state index contributed by atoms with van der Waals surface area (Å²) in [5.41, 5.74) is 0.926. The van der Waals surface area contributed by atoms with Crippen LogP contribution in [0.2, 0.25) is 0 Å². The van der Waals surface area contributed by atoms with Crippen LogP contribution in [0.1, 0.15) is 70.0 Å². The Morgan fingerprint density at radius 3 is 2.40 bits per heavy atom. The number of aliphatic hydroxyl groups is 1. The van der Waals surface area contributed by atoms with E-state index in [1.54, 1.807) is 7.11 Å². The standard InChI is InChI=1S/C17H27BrO2/c1-3-4-5-6-7-8-9-10-17(19)15-13-14(20-2)11-12-16(15)18/h11-13,17,19H,3-10H2,1-2H3. The van der Waals surface area contributed by atoms with Gasteiger partial charge in [0, 0.05) is 4.47 Å². The highest BCUT2D eigenvalue weighted by Crippen LogP contribution is 2.30. The average molecular weight is 343 g/mol. The maximum atomic E-state index is 10.3. The molecule has 1 atom stereocenters. The topological polar surface area (TPSA) is 29.5 Å². The molecule has 0 aromatic heterocycles. The predicted octanol–water partition coefficient (Wildman–Crippen LogP) is 5.63. The number of halogens is 1. The van der Waals surface area contributed by atoms with Gasteiger partial charge in [-0.25, -0.2) is 0 Å². The molecule has 20 heavy (non-hydrogen) atoms. The maximum absolute atomic E-state index is 10.3. The van der Waals surface area contributed by atoms with Crippen LogP contribution in [-0.4, -0.2) is 12.2 Å². The van der Waals surface area contributed by atoms with Crippen molar-refractivity contribution in [2.75, 3.05) is 7.11 Å². The zero-order chi connectivity index (χ0) is 14.8. The van der Waals surface area contributed by atoms with Crippen LogP contribution in [0.15, 0.2) is 22.7 Å². The van der Waals surface area contributed by atoms with Crippen LogP contribution in [0.25, 0.3) is 0 Å². The van der Waals surface area contributed by atoms with E-state index in [9.17, 15) is 5.11 Å². The molecule has 1 unspecified atom stereocenters. The Morgan fingerprint density at radius 1 is 1.10 bits per heavy atom. The first kappa shape index (κ1) is 17.5. The van der Waals surface area contributed by atoms with E-state index in [1.165, 1.54) is 38.5 Å². The normalized spacial score (nSPS) is 12.4. The number of hydrogen-bond acceptors (Lipinski definition) is 2. The van der Waals surface area contributed by atoms with Gasteiger partial charge in [-0.15, -0.1) is 0 Å². The molecule has 0 saturated carbocycles. The third-order valence-corrected chi connectivity index (χ3v) is 4.37. The number of benzene rings is 1. The molecule has 0 saturated heterocycles. The van der Waals surface area contributed by atoms with Gasteiger partial charge in [-0.05, 0) is 30.2 Å². The molecule has 0 aliphatic rings. The van der Waals surface area contributed by atoms with Crippen molar-refractivity contribution in [3.63, 3.8) is 0 Å². The molecule has 3 heteroatoms. The van der Waals surface area contributed by atoms with Crippen molar-refractivity contribution in [1.29, 1.82) is 0 Å². The van der Waals surface area contributed by atoms with Crippen molar-refractivity contribution in [2.45, 2.75) is 64.4 Å². The molecule has 1 aromatic carbocycles. The van der Waals surface area contributed by atoms with Gasteiger partial charge in [0.2, 0.25) is 0 Å². The van der Waals surface area contributed by atoms with Crippen LogP contribution in [0.3, 0.4) is 0 Å². The van der Waals surface area contributed by atoms with E-state index in [2.05, 4.69) is 22.9 Å². The number of ether oxygens (including phenoxy) is 1. The van der Waals surface area contributed by atoms with E-state index in [1.807, 2.05) is 18.2 Å². The summed E-state index contributed by atoms with van der Waals surface area (Å²) < 4.78 is 6.16. The Bertz CT molecular complexity index is 379. The smallest absolute Gasteiger partial charge is 0.119 e. The first-order valence-corrected chi connectivity index (χ1v) is 8.49. The highest BCUT2D eigenvalue weighted by atomic mass is 79.9. The van der Waals surface area contributed by atoms with Crippen LogP contribution in [0.4, 0.5) is 0 Å². The molecule has 0 spiro atoms. The molecule has 0 fully saturated rings. The van der Waals surface area contributed by atoms with Gasteiger partial charge in [0.05, 0.1) is 13.2 Å². The zero-order valence-corrected chi connectivity index (χ0v) is 14.3. The second-order valence-corrected chi connectivity index (χ2v) is 6.17. The highest BCUT2D eigenvalue weighted by Gasteiger charge is 2.12. The highest BCUT2D eigenvalue weighted by molar-refractivity contribution is 9.10. The lowest BCUT2D eigenvalue weighted by atomic mass is 10.0. The van der Waals surface area contributed by atoms with E-state index < -0.39 is 6.10 Å². The molecule has 0 radical (unpaired) electrons. The summed E-state index contributed by atoms with van der Waals surface area (Å²) in [6.45, 7) is 2.24. The monoisotopic (exact) mass is 342 g/mol. The van der Waals surface area contributed by atoms with Gasteiger partial charge in [-0.3, -0.25) is 0 Å². The van der Waals surface area contributed by atoms with Crippen molar-refractivity contribution in [2.24, 2.45) is 0 Å². The molecule has 2 nitrogen and oxygen atoms in total. The molecule has 114 valence electrons. The van der Waals surface area contributed by atoms with Gasteiger partial charge < -0.3 is 9.84 Å². The Kier molecular flexibility index (Phi) is 8.95. The predicted molar refractivity (Wildman–Crippen MR) is 88.3 cm³/mol. The van der Waals surface area contributed by atoms with Gasteiger partial charge in [0.1, 0.15) is 5.75 Å². The van der Waals surface area contributed by atoms with E-state index in [0.717, 1.165) is 28.6 Å². The minimum Gasteiger partial charge on any atom is -0.497 e. The van der Waals surface area contributed by atoms with E-state index in [4.69, 9.17) is 4.74 Å². The number of hydrogen-bond donors (Lipinski definition) is 1. The molecule has 1 rings (SSSR count). The first-order valence-electron chi connectivity index (χ1n) is 7.70. The largest absolute Gasteiger partial charge is 0.497 e. The summed E-state index contributed by atoms with van der Waals surface area (Å²) >= 11 is 3.50. The number of methoxy groups -OCH3 is 1. The molecule has 0 aliphatic heterocycles. The van der Waals surface area contributed by atoms with Crippen molar-refractivity contribution < 1.29 is 9.84 Å². The lowest BCUT2D eigenvalue weighted by molar-refractivity contribution is 0.162. The van der Waals surface area contributed by atoms with E-state index in [-0.39, 0.29) is 0 Å². The maximum Gasteiger partial charge on any atom is 0.119 e. The minimum atomic E-state index is -0.407. The third-order valence-electron chi connectivity index (χ3n) is 3.64. The quantitative estimate of drug-likeness (QED) is 0.558. The zero-order valence-electron chi connectivity index (χ0n) is 12.7. The van der Waals surface area contributed by atoms with Gasteiger partial charge in [-0.1, -0.05) is 67.8 Å². The van der Waals surface area contributed by atoms with Gasteiger partial charge in [-0.2, -0.15) is 0 Å². The van der Waals surface area contributed by atoms with Crippen LogP contribution >= 0.6 is 15.9 Å². The molecule has 0 heterocycles. The second kappa shape index (κ2) is 10.2. The number of unbranched alkanes of at least 4 members (excludes halogenated alkanes) is 6. The Morgan fingerprint density at radius 2 is 1.75 bits per heavy atom. The summed E-state index contributed by atoms with van der Waals surface area (Å²) in [5.74, 6) is 0.793. The van der Waals surface area contributed by atoms with E-state index in [0.29, 0.717) is 0 Å². The second-order valence-electron chi connectivity index (χ2n) is 5.31. The summed E-state index contributed by atoms with van der Waals surface area (Å²) in [7, 11) is 1.65. The summed E-state index contributed by atoms with van der Waals surface area (Å²) in [6, 6.07) is 5.74. The summed E-state index contributed by atoms with van der Waals surface area (Å²) in [5, 5.41) is 10.3. The van der Waals surface area contributed by atoms with Crippen molar-refractivity contribution in [1.82, 2.24) is 0 Å². The fourth-order valence-corrected chi connectivity index (χ4v) is 2.87. The van der Waals surface area contributed by atoms with Gasteiger partial charge in [0.25, 0.3) is 0 Å². The number of rotatable bonds is 10. The summed E-state index contributed by atoms with van der Waals surface area (Å²) in [4.78, 5) is 0. The molecule has 0 amide bonds. The molecular weight excluding hydrogens is 316 g/mol. The lowest BCUT2D eigenvalue weighted by Gasteiger charge is -2.14. The van der Waals surface area contributed by atoms with Gasteiger partial charge in [0.15, 0.2) is 0 Å². The van der Waals surface area contributed by atoms with Crippen molar-refractivity contribution in [3.05, 3.63) is 28.2 Å².